The smallest absolute Gasteiger partial charge is 0.251 e. The number of hydrogen-bond acceptors (Lipinski definition) is 2. The Bertz CT molecular complexity index is 205. The van der Waals surface area contributed by atoms with Crippen molar-refractivity contribution in [3.63, 3.8) is 0 Å². The van der Waals surface area contributed by atoms with E-state index in [1.54, 1.807) is 0 Å². The third kappa shape index (κ3) is 1.46. The van der Waals surface area contributed by atoms with Crippen LogP contribution < -0.4 is 0 Å². The van der Waals surface area contributed by atoms with Crippen LogP contribution in [0.3, 0.4) is 0 Å². The van der Waals surface area contributed by atoms with Gasteiger partial charge in [-0.1, -0.05) is 0 Å². The number of halogens is 2. The molecule has 0 bridgehead atoms. The predicted molar refractivity (Wildman–Crippen MR) is 30.4 cm³/mol. The van der Waals surface area contributed by atoms with E-state index in [-0.39, 0.29) is 5.69 Å². The van der Waals surface area contributed by atoms with Crippen molar-refractivity contribution in [2.24, 2.45) is 0 Å². The molecule has 0 N–H and O–H groups in total. The van der Waals surface area contributed by atoms with Crippen molar-refractivity contribution in [1.29, 1.82) is 0 Å². The zero-order chi connectivity index (χ0) is 7.61. The van der Waals surface area contributed by atoms with Crippen molar-refractivity contribution in [2.75, 3.05) is 0 Å². The fraction of sp³-hybridized carbons (Fsp3) is 0.333. The van der Waals surface area contributed by atoms with E-state index in [4.69, 9.17) is 0 Å². The van der Waals surface area contributed by atoms with E-state index in [2.05, 4.69) is 16.2 Å². The summed E-state index contributed by atoms with van der Waals surface area (Å²) in [5, 5.41) is 0. The summed E-state index contributed by atoms with van der Waals surface area (Å²) in [6, 6.07) is 0. The molecule has 1 rings (SSSR count). The van der Waals surface area contributed by atoms with E-state index < -0.39 is 5.92 Å². The maximum Gasteiger partial charge on any atom is 0.288 e. The highest BCUT2D eigenvalue weighted by Crippen LogP contribution is 2.23. The highest BCUT2D eigenvalue weighted by molar-refractivity contribution is 5.00. The summed E-state index contributed by atoms with van der Waals surface area (Å²) in [7, 11) is 0. The lowest BCUT2D eigenvalue weighted by Gasteiger charge is -2.06. The normalized spacial score (nSPS) is 11.5. The van der Waals surface area contributed by atoms with Crippen LogP contribution in [-0.4, -0.2) is 9.97 Å². The number of nitrogens with zero attached hydrogens (tertiary/aromatic N) is 2. The number of alkyl halides is 2. The van der Waals surface area contributed by atoms with Gasteiger partial charge in [-0.05, 0) is 0 Å². The summed E-state index contributed by atoms with van der Waals surface area (Å²) in [5.41, 5.74) is -0.328. The monoisotopic (exact) mass is 143 g/mol. The molecule has 0 saturated carbocycles. The second-order valence-corrected chi connectivity index (χ2v) is 1.92. The molecule has 4 heteroatoms. The number of rotatable bonds is 1. The van der Waals surface area contributed by atoms with Gasteiger partial charge in [-0.3, -0.25) is 9.97 Å². The maximum absolute atomic E-state index is 12.3. The quantitative estimate of drug-likeness (QED) is 0.593. The van der Waals surface area contributed by atoms with E-state index >= 15 is 0 Å². The number of hydrogen-bond donors (Lipinski definition) is 0. The average molecular weight is 143 g/mol. The molecule has 10 heavy (non-hydrogen) atoms. The van der Waals surface area contributed by atoms with E-state index in [0.717, 1.165) is 19.3 Å². The third-order valence-corrected chi connectivity index (χ3v) is 0.973. The van der Waals surface area contributed by atoms with Gasteiger partial charge < -0.3 is 0 Å². The minimum Gasteiger partial charge on any atom is -0.251 e. The van der Waals surface area contributed by atoms with Crippen LogP contribution in [0.25, 0.3) is 0 Å². The molecule has 2 nitrogen and oxygen atoms in total. The van der Waals surface area contributed by atoms with Crippen molar-refractivity contribution < 1.29 is 8.78 Å². The maximum atomic E-state index is 12.3. The topological polar surface area (TPSA) is 25.8 Å². The molecule has 0 unspecified atom stereocenters. The van der Waals surface area contributed by atoms with E-state index in [9.17, 15) is 8.78 Å². The van der Waals surface area contributed by atoms with Crippen LogP contribution >= 0.6 is 0 Å². The number of aromatic nitrogens is 2. The molecule has 1 aromatic rings. The molecule has 0 spiro atoms. The molecule has 0 amide bonds. The summed E-state index contributed by atoms with van der Waals surface area (Å²) in [4.78, 5) is 6.77. The van der Waals surface area contributed by atoms with Crippen molar-refractivity contribution in [1.82, 2.24) is 9.97 Å². The van der Waals surface area contributed by atoms with E-state index in [0.29, 0.717) is 0 Å². The highest BCUT2D eigenvalue weighted by atomic mass is 19.3. The Morgan fingerprint density at radius 2 is 2.30 bits per heavy atom. The second kappa shape index (κ2) is 2.28. The zero-order valence-corrected chi connectivity index (χ0v) is 5.31. The summed E-state index contributed by atoms with van der Waals surface area (Å²) in [6.45, 7) is 0.775. The molecule has 0 saturated heterocycles. The predicted octanol–water partition coefficient (Wildman–Crippen LogP) is 1.39. The van der Waals surface area contributed by atoms with Gasteiger partial charge in [0, 0.05) is 6.92 Å². The Balaban J connectivity index is 2.97. The first-order valence-corrected chi connectivity index (χ1v) is 2.67. The first-order chi connectivity index (χ1) is 4.61. The van der Waals surface area contributed by atoms with Gasteiger partial charge in [-0.25, -0.2) is 0 Å². The van der Waals surface area contributed by atoms with Crippen LogP contribution in [0.2, 0.25) is 0 Å². The molecule has 0 atom stereocenters. The second-order valence-electron chi connectivity index (χ2n) is 1.92. The summed E-state index contributed by atoms with van der Waals surface area (Å²) in [5.74, 6) is -2.90. The van der Waals surface area contributed by atoms with Crippen molar-refractivity contribution in [2.45, 2.75) is 12.8 Å². The van der Waals surface area contributed by atoms with Crippen LogP contribution in [0, 0.1) is 6.20 Å². The first kappa shape index (κ1) is 7.05. The summed E-state index contributed by atoms with van der Waals surface area (Å²) >= 11 is 0. The fourth-order valence-electron chi connectivity index (χ4n) is 0.490. The largest absolute Gasteiger partial charge is 0.288 e. The zero-order valence-electron chi connectivity index (χ0n) is 5.31. The molecule has 1 radical (unpaired) electrons. The Labute approximate surface area is 56.9 Å². The lowest BCUT2D eigenvalue weighted by atomic mass is 10.3. The van der Waals surface area contributed by atoms with Crippen LogP contribution in [0.1, 0.15) is 12.6 Å². The van der Waals surface area contributed by atoms with Gasteiger partial charge in [0.25, 0.3) is 5.92 Å². The Kier molecular flexibility index (Phi) is 1.61. The summed E-state index contributed by atoms with van der Waals surface area (Å²) < 4.78 is 24.7. The minimum absolute atomic E-state index is 0.328. The van der Waals surface area contributed by atoms with E-state index in [1.807, 2.05) is 0 Å². The van der Waals surface area contributed by atoms with Crippen LogP contribution in [0.15, 0.2) is 12.4 Å². The van der Waals surface area contributed by atoms with E-state index in [1.165, 1.54) is 0 Å². The van der Waals surface area contributed by atoms with Crippen LogP contribution in [0.4, 0.5) is 8.78 Å². The van der Waals surface area contributed by atoms with Gasteiger partial charge >= 0.3 is 0 Å². The highest BCUT2D eigenvalue weighted by Gasteiger charge is 2.25. The van der Waals surface area contributed by atoms with Crippen LogP contribution in [0.5, 0.6) is 0 Å². The van der Waals surface area contributed by atoms with Crippen molar-refractivity contribution in [3.05, 3.63) is 24.3 Å². The Hall–Kier alpha value is -1.06. The van der Waals surface area contributed by atoms with Gasteiger partial charge in [-0.15, -0.1) is 0 Å². The van der Waals surface area contributed by atoms with Crippen LogP contribution in [-0.2, 0) is 5.92 Å². The lowest BCUT2D eigenvalue weighted by Crippen LogP contribution is -2.09. The molecule has 0 aliphatic rings. The Morgan fingerprint density at radius 3 is 2.60 bits per heavy atom. The van der Waals surface area contributed by atoms with Gasteiger partial charge in [0.05, 0.1) is 12.4 Å². The lowest BCUT2D eigenvalue weighted by molar-refractivity contribution is 0.0123. The molecule has 53 valence electrons. The molecule has 1 aromatic heterocycles. The van der Waals surface area contributed by atoms with Crippen molar-refractivity contribution in [3.8, 4) is 0 Å². The molecular weight excluding hydrogens is 138 g/mol. The molecule has 0 aliphatic carbocycles. The standard InChI is InChI=1S/C6H5F2N2/c1-6(7,8)5-4-9-2-3-10-5/h3-4H,1H3. The van der Waals surface area contributed by atoms with Gasteiger partial charge in [-0.2, -0.15) is 8.78 Å². The average Bonchev–Trinajstić information content (AvgIpc) is 1.88. The van der Waals surface area contributed by atoms with Gasteiger partial charge in [0.2, 0.25) is 0 Å². The first-order valence-electron chi connectivity index (χ1n) is 2.67. The van der Waals surface area contributed by atoms with Gasteiger partial charge in [0.1, 0.15) is 11.9 Å². The van der Waals surface area contributed by atoms with Gasteiger partial charge in [0.15, 0.2) is 0 Å². The fourth-order valence-corrected chi connectivity index (χ4v) is 0.490. The summed E-state index contributed by atoms with van der Waals surface area (Å²) in [6.07, 6.45) is 4.43. The molecule has 0 aliphatic heterocycles. The van der Waals surface area contributed by atoms with Crippen molar-refractivity contribution >= 4 is 0 Å². The molecular formula is C6H5F2N2. The molecule has 0 aromatic carbocycles. The molecule has 1 heterocycles. The molecule has 0 fully saturated rings. The minimum atomic E-state index is -2.90. The SMILES string of the molecule is CC(F)(F)c1cn[c]cn1. The Morgan fingerprint density at radius 1 is 1.60 bits per heavy atom. The third-order valence-electron chi connectivity index (χ3n) is 0.973.